The van der Waals surface area contributed by atoms with Gasteiger partial charge in [0, 0.05) is 11.6 Å². The van der Waals surface area contributed by atoms with Gasteiger partial charge in [-0.25, -0.2) is 0 Å². The summed E-state index contributed by atoms with van der Waals surface area (Å²) in [5.41, 5.74) is 0.506. The lowest BCUT2D eigenvalue weighted by Gasteiger charge is -2.20. The van der Waals surface area contributed by atoms with Crippen molar-refractivity contribution in [2.24, 2.45) is 0 Å². The fourth-order valence-electron chi connectivity index (χ4n) is 2.32. The minimum absolute atomic E-state index is 0.127. The van der Waals surface area contributed by atoms with Gasteiger partial charge in [0.25, 0.3) is 5.91 Å². The van der Waals surface area contributed by atoms with Crippen molar-refractivity contribution >= 4 is 17.5 Å². The van der Waals surface area contributed by atoms with Crippen molar-refractivity contribution in [2.75, 3.05) is 13.2 Å². The molecule has 0 radical (unpaired) electrons. The predicted octanol–water partition coefficient (Wildman–Crippen LogP) is 3.81. The van der Waals surface area contributed by atoms with Gasteiger partial charge in [-0.1, -0.05) is 37.8 Å². The molecular formula is C16H22ClNO3. The first-order chi connectivity index (χ1) is 10.1. The van der Waals surface area contributed by atoms with E-state index in [9.17, 15) is 4.79 Å². The number of unbranched alkanes of at least 4 members (excludes halogenated alkanes) is 2. The Hall–Kier alpha value is -1.42. The van der Waals surface area contributed by atoms with E-state index < -0.39 is 0 Å². The molecule has 1 heterocycles. The van der Waals surface area contributed by atoms with E-state index in [2.05, 4.69) is 12.2 Å². The molecule has 0 fully saturated rings. The number of nitrogens with one attached hydrogen (secondary N) is 1. The van der Waals surface area contributed by atoms with Crippen molar-refractivity contribution in [3.63, 3.8) is 0 Å². The molecule has 1 N–H and O–H groups in total. The van der Waals surface area contributed by atoms with Crippen LogP contribution in [0.25, 0.3) is 0 Å². The first-order valence-corrected chi connectivity index (χ1v) is 7.89. The Morgan fingerprint density at radius 2 is 2.10 bits per heavy atom. The third-order valence-electron chi connectivity index (χ3n) is 3.48. The van der Waals surface area contributed by atoms with Crippen LogP contribution in [0.4, 0.5) is 0 Å². The molecule has 21 heavy (non-hydrogen) atoms. The molecule has 0 saturated carbocycles. The number of rotatable bonds is 6. The molecule has 0 saturated heterocycles. The maximum atomic E-state index is 12.3. The lowest BCUT2D eigenvalue weighted by atomic mass is 10.1. The van der Waals surface area contributed by atoms with Gasteiger partial charge in [-0.2, -0.15) is 0 Å². The van der Waals surface area contributed by atoms with Crippen LogP contribution in [0.3, 0.4) is 0 Å². The van der Waals surface area contributed by atoms with Gasteiger partial charge in [0.15, 0.2) is 11.5 Å². The van der Waals surface area contributed by atoms with Crippen molar-refractivity contribution in [3.05, 3.63) is 22.7 Å². The summed E-state index contributed by atoms with van der Waals surface area (Å²) in [4.78, 5) is 12.3. The first kappa shape index (κ1) is 16.0. The van der Waals surface area contributed by atoms with Crippen molar-refractivity contribution in [2.45, 2.75) is 45.6 Å². The van der Waals surface area contributed by atoms with Gasteiger partial charge in [-0.3, -0.25) is 4.79 Å². The molecule has 1 aliphatic heterocycles. The Balaban J connectivity index is 2.01. The molecule has 5 heteroatoms. The molecule has 2 rings (SSSR count). The second kappa shape index (κ2) is 7.55. The highest BCUT2D eigenvalue weighted by Gasteiger charge is 2.19. The summed E-state index contributed by atoms with van der Waals surface area (Å²) < 4.78 is 10.9. The van der Waals surface area contributed by atoms with E-state index >= 15 is 0 Å². The summed E-state index contributed by atoms with van der Waals surface area (Å²) in [5.74, 6) is 0.936. The quantitative estimate of drug-likeness (QED) is 0.813. The van der Waals surface area contributed by atoms with Gasteiger partial charge in [0.1, 0.15) is 13.2 Å². The van der Waals surface area contributed by atoms with Crippen LogP contribution in [0, 0.1) is 0 Å². The fraction of sp³-hybridized carbons (Fsp3) is 0.562. The summed E-state index contributed by atoms with van der Waals surface area (Å²) in [7, 11) is 0. The highest BCUT2D eigenvalue weighted by Crippen LogP contribution is 2.38. The second-order valence-corrected chi connectivity index (χ2v) is 5.76. The van der Waals surface area contributed by atoms with Crippen LogP contribution in [-0.4, -0.2) is 25.2 Å². The molecule has 0 bridgehead atoms. The summed E-state index contributed by atoms with van der Waals surface area (Å²) in [6.45, 7) is 5.14. The summed E-state index contributed by atoms with van der Waals surface area (Å²) in [6.07, 6.45) is 4.48. The van der Waals surface area contributed by atoms with Crippen LogP contribution in [0.2, 0.25) is 5.02 Å². The Labute approximate surface area is 130 Å². The molecule has 1 aliphatic rings. The minimum atomic E-state index is -0.127. The smallest absolute Gasteiger partial charge is 0.251 e. The SMILES string of the molecule is CCCCCC(C)NC(=O)c1cc(Cl)c2c(c1)OCCO2. The van der Waals surface area contributed by atoms with Crippen molar-refractivity contribution < 1.29 is 14.3 Å². The van der Waals surface area contributed by atoms with E-state index in [1.165, 1.54) is 12.8 Å². The van der Waals surface area contributed by atoms with Crippen molar-refractivity contribution in [3.8, 4) is 11.5 Å². The zero-order valence-electron chi connectivity index (χ0n) is 12.6. The van der Waals surface area contributed by atoms with E-state index in [1.54, 1.807) is 12.1 Å². The minimum Gasteiger partial charge on any atom is -0.486 e. The number of carbonyl (C=O) groups is 1. The number of carbonyl (C=O) groups excluding carboxylic acids is 1. The Morgan fingerprint density at radius 1 is 1.33 bits per heavy atom. The number of amides is 1. The number of fused-ring (bicyclic) bond motifs is 1. The molecule has 1 aromatic carbocycles. The molecule has 1 amide bonds. The van der Waals surface area contributed by atoms with Crippen LogP contribution in [0.1, 0.15) is 49.9 Å². The number of benzene rings is 1. The van der Waals surface area contributed by atoms with Crippen LogP contribution >= 0.6 is 11.6 Å². The maximum absolute atomic E-state index is 12.3. The summed E-state index contributed by atoms with van der Waals surface area (Å²) >= 11 is 6.15. The van der Waals surface area contributed by atoms with E-state index in [4.69, 9.17) is 21.1 Å². The Kier molecular flexibility index (Phi) is 5.74. The van der Waals surface area contributed by atoms with E-state index in [1.807, 2.05) is 6.92 Å². The monoisotopic (exact) mass is 311 g/mol. The molecule has 1 atom stereocenters. The highest BCUT2D eigenvalue weighted by atomic mass is 35.5. The molecule has 0 spiro atoms. The van der Waals surface area contributed by atoms with Gasteiger partial charge in [-0.15, -0.1) is 0 Å². The van der Waals surface area contributed by atoms with Crippen molar-refractivity contribution in [1.82, 2.24) is 5.32 Å². The van der Waals surface area contributed by atoms with E-state index in [0.29, 0.717) is 35.3 Å². The largest absolute Gasteiger partial charge is 0.486 e. The average Bonchev–Trinajstić information content (AvgIpc) is 2.47. The van der Waals surface area contributed by atoms with E-state index in [0.717, 1.165) is 12.8 Å². The lowest BCUT2D eigenvalue weighted by Crippen LogP contribution is -2.32. The van der Waals surface area contributed by atoms with Gasteiger partial charge in [-0.05, 0) is 25.5 Å². The number of halogens is 1. The molecule has 1 unspecified atom stereocenters. The average molecular weight is 312 g/mol. The third kappa shape index (κ3) is 4.27. The topological polar surface area (TPSA) is 47.6 Å². The van der Waals surface area contributed by atoms with Gasteiger partial charge >= 0.3 is 0 Å². The zero-order chi connectivity index (χ0) is 15.2. The zero-order valence-corrected chi connectivity index (χ0v) is 13.3. The van der Waals surface area contributed by atoms with Gasteiger partial charge < -0.3 is 14.8 Å². The van der Waals surface area contributed by atoms with Crippen LogP contribution in [0.5, 0.6) is 11.5 Å². The second-order valence-electron chi connectivity index (χ2n) is 5.35. The first-order valence-electron chi connectivity index (χ1n) is 7.51. The Bertz CT molecular complexity index is 505. The molecule has 0 aliphatic carbocycles. The lowest BCUT2D eigenvalue weighted by molar-refractivity contribution is 0.0936. The van der Waals surface area contributed by atoms with Gasteiger partial charge in [0.2, 0.25) is 0 Å². The molecular weight excluding hydrogens is 290 g/mol. The molecule has 1 aromatic rings. The van der Waals surface area contributed by atoms with Gasteiger partial charge in [0.05, 0.1) is 5.02 Å². The summed E-state index contributed by atoms with van der Waals surface area (Å²) in [6, 6.07) is 3.47. The highest BCUT2D eigenvalue weighted by molar-refractivity contribution is 6.32. The van der Waals surface area contributed by atoms with Crippen LogP contribution < -0.4 is 14.8 Å². The predicted molar refractivity (Wildman–Crippen MR) is 83.5 cm³/mol. The van der Waals surface area contributed by atoms with Crippen LogP contribution in [0.15, 0.2) is 12.1 Å². The third-order valence-corrected chi connectivity index (χ3v) is 3.76. The van der Waals surface area contributed by atoms with E-state index in [-0.39, 0.29) is 11.9 Å². The molecule has 4 nitrogen and oxygen atoms in total. The van der Waals surface area contributed by atoms with Crippen molar-refractivity contribution in [1.29, 1.82) is 0 Å². The molecule has 0 aromatic heterocycles. The summed E-state index contributed by atoms with van der Waals surface area (Å²) in [5, 5.41) is 3.41. The number of ether oxygens (including phenoxy) is 2. The number of hydrogen-bond donors (Lipinski definition) is 1. The number of hydrogen-bond acceptors (Lipinski definition) is 3. The normalized spacial score (nSPS) is 14.6. The Morgan fingerprint density at radius 3 is 2.86 bits per heavy atom. The fourth-order valence-corrected chi connectivity index (χ4v) is 2.59. The molecule has 116 valence electrons. The standard InChI is InChI=1S/C16H22ClNO3/c1-3-4-5-6-11(2)18-16(19)12-9-13(17)15-14(10-12)20-7-8-21-15/h9-11H,3-8H2,1-2H3,(H,18,19). The maximum Gasteiger partial charge on any atom is 0.251 e. The van der Waals surface area contributed by atoms with Crippen LogP contribution in [-0.2, 0) is 0 Å².